The van der Waals surface area contributed by atoms with Crippen molar-refractivity contribution in [2.24, 2.45) is 10.8 Å². The van der Waals surface area contributed by atoms with Gasteiger partial charge in [0.25, 0.3) is 0 Å². The summed E-state index contributed by atoms with van der Waals surface area (Å²) in [6, 6.07) is 0. The lowest BCUT2D eigenvalue weighted by atomic mass is 10.4. The van der Waals surface area contributed by atoms with E-state index in [4.69, 9.17) is 15.3 Å². The predicted octanol–water partition coefficient (Wildman–Crippen LogP) is -0.533. The highest BCUT2D eigenvalue weighted by molar-refractivity contribution is 5.79. The lowest BCUT2D eigenvalue weighted by Crippen LogP contribution is -2.42. The second-order valence-electron chi connectivity index (χ2n) is 3.07. The summed E-state index contributed by atoms with van der Waals surface area (Å²) >= 11 is 0. The van der Waals surface area contributed by atoms with Gasteiger partial charge in [-0.2, -0.15) is 0 Å². The number of nitrogens with two attached hydrogens (primary N) is 1. The zero-order valence-electron chi connectivity index (χ0n) is 9.75. The number of methoxy groups -OCH3 is 2. The molecule has 0 saturated heterocycles. The second kappa shape index (κ2) is 9.70. The van der Waals surface area contributed by atoms with Crippen molar-refractivity contribution in [2.45, 2.75) is 19.4 Å². The molecule has 0 radical (unpaired) electrons. The average Bonchev–Trinajstić information content (AvgIpc) is 2.27. The zero-order valence-corrected chi connectivity index (χ0v) is 9.75. The van der Waals surface area contributed by atoms with Crippen LogP contribution in [0.3, 0.4) is 0 Å². The Hall–Kier alpha value is -0.850. The maximum absolute atomic E-state index is 5.30. The number of rotatable bonds is 7. The van der Waals surface area contributed by atoms with E-state index in [1.54, 1.807) is 14.2 Å². The van der Waals surface area contributed by atoms with E-state index in [1.807, 2.05) is 0 Å². The van der Waals surface area contributed by atoms with Gasteiger partial charge in [-0.25, -0.2) is 10.8 Å². The van der Waals surface area contributed by atoms with Gasteiger partial charge in [0.05, 0.1) is 13.2 Å². The number of hydrogen-bond acceptors (Lipinski definition) is 4. The van der Waals surface area contributed by atoms with Crippen molar-refractivity contribution in [3.8, 4) is 0 Å². The Morgan fingerprint density at radius 1 is 1.47 bits per heavy atom. The minimum absolute atomic E-state index is 0.0400. The topological polar surface area (TPSA) is 80.9 Å². The Morgan fingerprint density at radius 2 is 2.20 bits per heavy atom. The van der Waals surface area contributed by atoms with Crippen LogP contribution in [-0.2, 0) is 9.47 Å². The molecule has 0 aliphatic carbocycles. The Kier molecular flexibility index (Phi) is 9.15. The van der Waals surface area contributed by atoms with Gasteiger partial charge in [-0.05, 0) is 6.42 Å². The first-order valence-corrected chi connectivity index (χ1v) is 5.05. The first kappa shape index (κ1) is 14.2. The summed E-state index contributed by atoms with van der Waals surface area (Å²) < 4.78 is 10.1. The highest BCUT2D eigenvalue weighted by atomic mass is 16.5. The monoisotopic (exact) mass is 218 g/mol. The molecule has 0 bridgehead atoms. The second-order valence-corrected chi connectivity index (χ2v) is 3.07. The van der Waals surface area contributed by atoms with Gasteiger partial charge in [-0.15, -0.1) is 0 Å². The van der Waals surface area contributed by atoms with E-state index in [-0.39, 0.29) is 6.10 Å². The van der Waals surface area contributed by atoms with Gasteiger partial charge in [-0.3, -0.25) is 5.43 Å². The maximum atomic E-state index is 5.30. The van der Waals surface area contributed by atoms with E-state index in [9.17, 15) is 0 Å². The molecule has 15 heavy (non-hydrogen) atoms. The third-order valence-electron chi connectivity index (χ3n) is 1.82. The summed E-state index contributed by atoms with van der Waals surface area (Å²) in [5, 5.41) is 3.06. The average molecular weight is 218 g/mol. The van der Waals surface area contributed by atoms with Crippen molar-refractivity contribution in [3.05, 3.63) is 0 Å². The summed E-state index contributed by atoms with van der Waals surface area (Å²) in [5.41, 5.74) is 2.50. The highest BCUT2D eigenvalue weighted by Gasteiger charge is 2.05. The molecule has 6 nitrogen and oxygen atoms in total. The molecular weight excluding hydrogens is 196 g/mol. The fraction of sp³-hybridized carbons (Fsp3) is 0.889. The maximum Gasteiger partial charge on any atom is 0.205 e. The number of aliphatic imine (C=N–C) groups is 1. The summed E-state index contributed by atoms with van der Waals surface area (Å²) in [7, 11) is 3.27. The van der Waals surface area contributed by atoms with Crippen molar-refractivity contribution in [1.82, 2.24) is 10.7 Å². The van der Waals surface area contributed by atoms with Crippen molar-refractivity contribution in [2.75, 3.05) is 33.9 Å². The molecule has 1 atom stereocenters. The molecule has 0 fully saturated rings. The summed E-state index contributed by atoms with van der Waals surface area (Å²) in [6.07, 6.45) is 0.980. The van der Waals surface area contributed by atoms with Crippen molar-refractivity contribution in [3.63, 3.8) is 0 Å². The largest absolute Gasteiger partial charge is 0.382 e. The number of guanidine groups is 1. The smallest absolute Gasteiger partial charge is 0.205 e. The summed E-state index contributed by atoms with van der Waals surface area (Å²) in [6.45, 7) is 3.95. The van der Waals surface area contributed by atoms with Gasteiger partial charge in [0.1, 0.15) is 6.10 Å². The van der Waals surface area contributed by atoms with Gasteiger partial charge in [0, 0.05) is 20.8 Å². The summed E-state index contributed by atoms with van der Waals surface area (Å²) in [5.74, 6) is 5.88. The molecule has 0 heterocycles. The van der Waals surface area contributed by atoms with Gasteiger partial charge in [-0.1, -0.05) is 6.92 Å². The fourth-order valence-electron chi connectivity index (χ4n) is 0.970. The first-order chi connectivity index (χ1) is 7.28. The molecule has 4 N–H and O–H groups in total. The fourth-order valence-corrected chi connectivity index (χ4v) is 0.970. The Balaban J connectivity index is 3.94. The van der Waals surface area contributed by atoms with Crippen molar-refractivity contribution < 1.29 is 9.47 Å². The number of hydrogen-bond donors (Lipinski definition) is 3. The lowest BCUT2D eigenvalue weighted by Gasteiger charge is -2.13. The molecule has 1 unspecified atom stereocenters. The lowest BCUT2D eigenvalue weighted by molar-refractivity contribution is 0.0343. The van der Waals surface area contributed by atoms with Crippen LogP contribution >= 0.6 is 0 Å². The normalized spacial score (nSPS) is 13.7. The third-order valence-corrected chi connectivity index (χ3v) is 1.82. The molecule has 0 aromatic rings. The minimum Gasteiger partial charge on any atom is -0.382 e. The standard InChI is InChI=1S/C9H22N4O2/c1-4-5-11-9(13-10)12-6-8(15-3)7-14-2/h8H,4-7,10H2,1-3H3,(H2,11,12,13). The molecule has 0 amide bonds. The quantitative estimate of drug-likeness (QED) is 0.231. The molecule has 0 rings (SSSR count). The SMILES string of the molecule is CCCNC(=NCC(COC)OC)NN. The van der Waals surface area contributed by atoms with Crippen molar-refractivity contribution >= 4 is 5.96 Å². The Morgan fingerprint density at radius 3 is 2.67 bits per heavy atom. The zero-order chi connectivity index (χ0) is 11.5. The minimum atomic E-state index is -0.0400. The van der Waals surface area contributed by atoms with Crippen LogP contribution < -0.4 is 16.6 Å². The Bertz CT molecular complexity index is 175. The third kappa shape index (κ3) is 7.12. The summed E-state index contributed by atoms with van der Waals surface area (Å²) in [4.78, 5) is 4.23. The van der Waals surface area contributed by atoms with E-state index >= 15 is 0 Å². The van der Waals surface area contributed by atoms with Crippen LogP contribution in [0.2, 0.25) is 0 Å². The molecule has 0 aromatic carbocycles. The molecule has 90 valence electrons. The van der Waals surface area contributed by atoms with E-state index in [0.717, 1.165) is 13.0 Å². The molecule has 6 heteroatoms. The van der Waals surface area contributed by atoms with Crippen LogP contribution in [0.5, 0.6) is 0 Å². The van der Waals surface area contributed by atoms with Crippen LogP contribution in [0, 0.1) is 0 Å². The van der Waals surface area contributed by atoms with Crippen molar-refractivity contribution in [1.29, 1.82) is 0 Å². The van der Waals surface area contributed by atoms with Crippen LogP contribution in [0.4, 0.5) is 0 Å². The molecule has 0 aliphatic heterocycles. The van der Waals surface area contributed by atoms with Crippen LogP contribution in [0.15, 0.2) is 4.99 Å². The number of ether oxygens (including phenoxy) is 2. The van der Waals surface area contributed by atoms with Gasteiger partial charge < -0.3 is 14.8 Å². The van der Waals surface area contributed by atoms with E-state index in [0.29, 0.717) is 19.1 Å². The molecule has 0 spiro atoms. The van der Waals surface area contributed by atoms with Gasteiger partial charge in [0.15, 0.2) is 0 Å². The van der Waals surface area contributed by atoms with E-state index < -0.39 is 0 Å². The molecule has 0 saturated carbocycles. The van der Waals surface area contributed by atoms with Gasteiger partial charge in [0.2, 0.25) is 5.96 Å². The Labute approximate surface area is 91.2 Å². The number of hydrazine groups is 1. The highest BCUT2D eigenvalue weighted by Crippen LogP contribution is 1.91. The molecule has 0 aliphatic rings. The van der Waals surface area contributed by atoms with Crippen LogP contribution in [-0.4, -0.2) is 46.0 Å². The number of nitrogens with one attached hydrogen (secondary N) is 2. The van der Waals surface area contributed by atoms with Gasteiger partial charge >= 0.3 is 0 Å². The molecule has 0 aromatic heterocycles. The number of nitrogens with zero attached hydrogens (tertiary/aromatic N) is 1. The van der Waals surface area contributed by atoms with E-state index in [2.05, 4.69) is 22.7 Å². The van der Waals surface area contributed by atoms with Crippen LogP contribution in [0.1, 0.15) is 13.3 Å². The predicted molar refractivity (Wildman–Crippen MR) is 60.6 cm³/mol. The molecular formula is C9H22N4O2. The first-order valence-electron chi connectivity index (χ1n) is 5.05. The van der Waals surface area contributed by atoms with Crippen LogP contribution in [0.25, 0.3) is 0 Å². The van der Waals surface area contributed by atoms with E-state index in [1.165, 1.54) is 0 Å².